The zero-order valence-corrected chi connectivity index (χ0v) is 25.6. The van der Waals surface area contributed by atoms with Crippen molar-refractivity contribution in [2.24, 2.45) is 0 Å². The smallest absolute Gasteiger partial charge is 0.227 e. The van der Waals surface area contributed by atoms with Gasteiger partial charge in [0.15, 0.2) is 0 Å². The van der Waals surface area contributed by atoms with Crippen molar-refractivity contribution in [3.63, 3.8) is 0 Å². The van der Waals surface area contributed by atoms with Gasteiger partial charge in [0.2, 0.25) is 5.91 Å². The average Bonchev–Trinajstić information content (AvgIpc) is 3.20. The number of hydrogen-bond donors (Lipinski definition) is 0. The van der Waals surface area contributed by atoms with Crippen LogP contribution in [0.25, 0.3) is 0 Å². The molecule has 5 rings (SSSR count). The van der Waals surface area contributed by atoms with Gasteiger partial charge in [-0.15, -0.1) is 0 Å². The highest BCUT2D eigenvalue weighted by Crippen LogP contribution is 2.40. The lowest BCUT2D eigenvalue weighted by Crippen LogP contribution is -2.52. The lowest BCUT2D eigenvalue weighted by molar-refractivity contribution is -0.131. The molecule has 0 bridgehead atoms. The molecule has 1 aliphatic carbocycles. The van der Waals surface area contributed by atoms with Crippen molar-refractivity contribution < 1.29 is 9.18 Å². The summed E-state index contributed by atoms with van der Waals surface area (Å²) in [5.41, 5.74) is 1.15. The van der Waals surface area contributed by atoms with Crippen molar-refractivity contribution in [3.8, 4) is 0 Å². The zero-order chi connectivity index (χ0) is 28.1. The van der Waals surface area contributed by atoms with E-state index in [-0.39, 0.29) is 23.3 Å². The second-order valence-electron chi connectivity index (χ2n) is 12.0. The van der Waals surface area contributed by atoms with E-state index in [2.05, 4.69) is 15.9 Å². The minimum Gasteiger partial charge on any atom is -0.342 e. The van der Waals surface area contributed by atoms with E-state index in [0.717, 1.165) is 70.0 Å². The molecule has 1 saturated carbocycles. The summed E-state index contributed by atoms with van der Waals surface area (Å²) in [6, 6.07) is 11.3. The molecule has 1 atom stereocenters. The van der Waals surface area contributed by atoms with E-state index < -0.39 is 5.82 Å². The molecule has 0 N–H and O–H groups in total. The fourth-order valence-electron chi connectivity index (χ4n) is 7.05. The summed E-state index contributed by atoms with van der Waals surface area (Å²) < 4.78 is 14.5. The molecule has 4 nitrogen and oxygen atoms in total. The van der Waals surface area contributed by atoms with Crippen LogP contribution in [0, 0.1) is 5.82 Å². The van der Waals surface area contributed by atoms with Gasteiger partial charge >= 0.3 is 0 Å². The van der Waals surface area contributed by atoms with Gasteiger partial charge < -0.3 is 9.80 Å². The first-order chi connectivity index (χ1) is 19.3. The molecule has 2 heterocycles. The summed E-state index contributed by atoms with van der Waals surface area (Å²) in [7, 11) is 0. The number of nitrogens with zero attached hydrogens (tertiary/aromatic N) is 3. The number of likely N-dealkylation sites (tertiary alicyclic amines) is 1. The Hall–Kier alpha value is -1.37. The maximum Gasteiger partial charge on any atom is 0.227 e. The van der Waals surface area contributed by atoms with Crippen molar-refractivity contribution in [1.29, 1.82) is 0 Å². The van der Waals surface area contributed by atoms with Gasteiger partial charge in [-0.1, -0.05) is 72.6 Å². The number of amides is 1. The summed E-state index contributed by atoms with van der Waals surface area (Å²) in [5.74, 6) is -0.516. The highest BCUT2D eigenvalue weighted by molar-refractivity contribution is 6.42. The molecule has 218 valence electrons. The Morgan fingerprint density at radius 3 is 2.38 bits per heavy atom. The Morgan fingerprint density at radius 2 is 1.65 bits per heavy atom. The van der Waals surface area contributed by atoms with Crippen LogP contribution in [0.3, 0.4) is 0 Å². The number of rotatable bonds is 7. The average molecular weight is 609 g/mol. The Morgan fingerprint density at radius 1 is 0.875 bits per heavy atom. The zero-order valence-electron chi connectivity index (χ0n) is 23.3. The van der Waals surface area contributed by atoms with Crippen LogP contribution in [0.4, 0.5) is 4.39 Å². The molecule has 3 fully saturated rings. The monoisotopic (exact) mass is 607 g/mol. The summed E-state index contributed by atoms with van der Waals surface area (Å²) in [6.45, 7) is 6.66. The van der Waals surface area contributed by atoms with Crippen LogP contribution in [0.1, 0.15) is 68.9 Å². The molecule has 40 heavy (non-hydrogen) atoms. The first-order valence-electron chi connectivity index (χ1n) is 15.0. The van der Waals surface area contributed by atoms with Crippen LogP contribution in [0.15, 0.2) is 36.4 Å². The molecule has 8 heteroatoms. The van der Waals surface area contributed by atoms with E-state index in [0.29, 0.717) is 28.2 Å². The Kier molecular flexibility index (Phi) is 10.3. The Balaban J connectivity index is 1.32. The molecule has 3 aliphatic rings. The third-order valence-electron chi connectivity index (χ3n) is 9.51. The van der Waals surface area contributed by atoms with Gasteiger partial charge in [0, 0.05) is 61.3 Å². The summed E-state index contributed by atoms with van der Waals surface area (Å²) in [6.07, 6.45) is 10.6. The lowest BCUT2D eigenvalue weighted by atomic mass is 9.73. The van der Waals surface area contributed by atoms with E-state index >= 15 is 0 Å². The molecule has 2 saturated heterocycles. The van der Waals surface area contributed by atoms with E-state index in [1.807, 2.05) is 17.0 Å². The van der Waals surface area contributed by atoms with Crippen LogP contribution in [-0.4, -0.2) is 72.5 Å². The van der Waals surface area contributed by atoms with Crippen molar-refractivity contribution in [1.82, 2.24) is 14.7 Å². The van der Waals surface area contributed by atoms with E-state index in [9.17, 15) is 9.18 Å². The number of benzene rings is 2. The van der Waals surface area contributed by atoms with Gasteiger partial charge in [0.1, 0.15) is 5.82 Å². The number of carbonyl (C=O) groups is 1. The highest BCUT2D eigenvalue weighted by Gasteiger charge is 2.38. The van der Waals surface area contributed by atoms with Crippen molar-refractivity contribution in [2.45, 2.75) is 75.7 Å². The summed E-state index contributed by atoms with van der Waals surface area (Å²) in [5, 5.41) is 1.38. The maximum atomic E-state index is 14.5. The predicted octanol–water partition coefficient (Wildman–Crippen LogP) is 7.62. The molecule has 0 spiro atoms. The largest absolute Gasteiger partial charge is 0.342 e. The molecular formula is C32H41Cl3FN3O. The van der Waals surface area contributed by atoms with Crippen LogP contribution in [0.5, 0.6) is 0 Å². The lowest BCUT2D eigenvalue weighted by Gasteiger charge is -2.43. The van der Waals surface area contributed by atoms with E-state index in [1.54, 1.807) is 12.1 Å². The minimum atomic E-state index is -0.432. The molecule has 0 unspecified atom stereocenters. The quantitative estimate of drug-likeness (QED) is 0.324. The standard InChI is InChI=1S/C32H41Cl3FN3O/c33-27-9-6-10-30(36)26(27)22-31(40)39-15-5-4-13-32(23-39,24-11-12-28(34)29(35)21-24)14-16-37-17-19-38(20-18-37)25-7-2-1-3-8-25/h6,9-12,21,25H,1-5,7-8,13-20,22-23H2/t32-/m0/s1. The van der Waals surface area contributed by atoms with Crippen LogP contribution >= 0.6 is 34.8 Å². The first-order valence-corrected chi connectivity index (χ1v) is 16.1. The second-order valence-corrected chi connectivity index (χ2v) is 13.2. The van der Waals surface area contributed by atoms with Crippen LogP contribution in [0.2, 0.25) is 15.1 Å². The molecular weight excluding hydrogens is 568 g/mol. The fourth-order valence-corrected chi connectivity index (χ4v) is 7.57. The second kappa shape index (κ2) is 13.7. The van der Waals surface area contributed by atoms with Crippen molar-refractivity contribution >= 4 is 40.7 Å². The van der Waals surface area contributed by atoms with Gasteiger partial charge in [-0.05, 0) is 68.5 Å². The fraction of sp³-hybridized carbons (Fsp3) is 0.594. The van der Waals surface area contributed by atoms with Gasteiger partial charge in [-0.3, -0.25) is 9.69 Å². The topological polar surface area (TPSA) is 26.8 Å². The predicted molar refractivity (Wildman–Crippen MR) is 163 cm³/mol. The van der Waals surface area contributed by atoms with Gasteiger partial charge in [-0.25, -0.2) is 4.39 Å². The third-order valence-corrected chi connectivity index (χ3v) is 10.6. The third kappa shape index (κ3) is 7.15. The summed E-state index contributed by atoms with van der Waals surface area (Å²) in [4.78, 5) is 20.8. The van der Waals surface area contributed by atoms with Gasteiger partial charge in [0.05, 0.1) is 16.5 Å². The van der Waals surface area contributed by atoms with Gasteiger partial charge in [-0.2, -0.15) is 0 Å². The van der Waals surface area contributed by atoms with E-state index in [1.165, 1.54) is 38.2 Å². The molecule has 0 aromatic heterocycles. The van der Waals surface area contributed by atoms with Gasteiger partial charge in [0.25, 0.3) is 0 Å². The normalized spacial score (nSPS) is 23.8. The molecule has 0 radical (unpaired) electrons. The van der Waals surface area contributed by atoms with Crippen LogP contribution < -0.4 is 0 Å². The minimum absolute atomic E-state index is 0.0356. The number of carbonyl (C=O) groups excluding carboxylic acids is 1. The SMILES string of the molecule is O=C(Cc1c(F)cccc1Cl)N1CCCC[C@@](CCN2CCN(C3CCCCC3)CC2)(c2ccc(Cl)c(Cl)c2)C1. The maximum absolute atomic E-state index is 14.5. The molecule has 1 amide bonds. The molecule has 2 aromatic carbocycles. The van der Waals surface area contributed by atoms with E-state index in [4.69, 9.17) is 34.8 Å². The van der Waals surface area contributed by atoms with Crippen LogP contribution in [-0.2, 0) is 16.6 Å². The summed E-state index contributed by atoms with van der Waals surface area (Å²) >= 11 is 19.1. The number of piperazine rings is 1. The van der Waals surface area contributed by atoms with Crippen molar-refractivity contribution in [2.75, 3.05) is 45.8 Å². The molecule has 2 aromatic rings. The van der Waals surface area contributed by atoms with Crippen molar-refractivity contribution in [3.05, 3.63) is 68.4 Å². The number of halogens is 4. The molecule has 2 aliphatic heterocycles. The highest BCUT2D eigenvalue weighted by atomic mass is 35.5. The Labute approximate surface area is 253 Å². The Bertz CT molecular complexity index is 1150. The first kappa shape index (κ1) is 30.1. The number of hydrogen-bond acceptors (Lipinski definition) is 3.